The van der Waals surface area contributed by atoms with E-state index in [4.69, 9.17) is 10.2 Å². The van der Waals surface area contributed by atoms with Gasteiger partial charge in [0.2, 0.25) is 0 Å². The average Bonchev–Trinajstić information content (AvgIpc) is 2.22. The molecule has 0 aliphatic rings. The Morgan fingerprint density at radius 3 is 2.21 bits per heavy atom. The molecule has 2 amide bonds. The first kappa shape index (κ1) is 17.5. The van der Waals surface area contributed by atoms with Crippen LogP contribution < -0.4 is 5.32 Å². The largest absolute Gasteiger partial charge is 0.480 e. The van der Waals surface area contributed by atoms with E-state index in [9.17, 15) is 22.8 Å². The molecule has 0 aliphatic heterocycles. The fourth-order valence-electron chi connectivity index (χ4n) is 1.35. The first-order valence-corrected chi connectivity index (χ1v) is 5.61. The third-order valence-corrected chi connectivity index (χ3v) is 2.18. The summed E-state index contributed by atoms with van der Waals surface area (Å²) in [5.74, 6) is -1.52. The molecule has 0 aromatic rings. The van der Waals surface area contributed by atoms with Gasteiger partial charge in [-0.2, -0.15) is 13.2 Å². The summed E-state index contributed by atoms with van der Waals surface area (Å²) in [6.07, 6.45) is -5.71. The van der Waals surface area contributed by atoms with Crippen LogP contribution in [0.4, 0.5) is 18.0 Å². The van der Waals surface area contributed by atoms with Gasteiger partial charge >= 0.3 is 18.2 Å². The van der Waals surface area contributed by atoms with Crippen LogP contribution in [0, 0.1) is 0 Å². The van der Waals surface area contributed by atoms with Gasteiger partial charge in [-0.15, -0.1) is 0 Å². The van der Waals surface area contributed by atoms with Crippen molar-refractivity contribution in [2.24, 2.45) is 0 Å². The maximum atomic E-state index is 12.3. The molecule has 0 unspecified atom stereocenters. The Bertz CT molecular complexity index is 320. The summed E-state index contributed by atoms with van der Waals surface area (Å²) in [6, 6.07) is -2.83. The zero-order chi connectivity index (χ0) is 15.2. The van der Waals surface area contributed by atoms with E-state index < -0.39 is 36.9 Å². The Morgan fingerprint density at radius 2 is 1.89 bits per heavy atom. The summed E-state index contributed by atoms with van der Waals surface area (Å²) >= 11 is 0. The third-order valence-electron chi connectivity index (χ3n) is 2.18. The second kappa shape index (κ2) is 7.17. The summed E-state index contributed by atoms with van der Waals surface area (Å²) in [4.78, 5) is 22.8. The minimum Gasteiger partial charge on any atom is -0.480 e. The molecule has 2 atom stereocenters. The van der Waals surface area contributed by atoms with Crippen molar-refractivity contribution in [3.63, 3.8) is 0 Å². The quantitative estimate of drug-likeness (QED) is 0.674. The van der Waals surface area contributed by atoms with Gasteiger partial charge in [0, 0.05) is 6.54 Å². The number of halogens is 3. The predicted molar refractivity (Wildman–Crippen MR) is 59.6 cm³/mol. The first-order chi connectivity index (χ1) is 8.58. The number of carbonyl (C=O) groups is 2. The normalized spacial score (nSPS) is 14.6. The molecule has 0 saturated carbocycles. The smallest absolute Gasteiger partial charge is 0.406 e. The Balaban J connectivity index is 4.76. The van der Waals surface area contributed by atoms with E-state index in [0.29, 0.717) is 4.90 Å². The number of alkyl halides is 3. The van der Waals surface area contributed by atoms with Crippen molar-refractivity contribution in [3.8, 4) is 0 Å². The predicted octanol–water partition coefficient (Wildman–Crippen LogP) is 0.804. The molecule has 0 heterocycles. The highest BCUT2D eigenvalue weighted by Gasteiger charge is 2.34. The third kappa shape index (κ3) is 6.85. The monoisotopic (exact) mass is 286 g/mol. The molecule has 0 fully saturated rings. The van der Waals surface area contributed by atoms with Crippen LogP contribution in [0.5, 0.6) is 0 Å². The number of urea groups is 1. The molecule has 0 spiro atoms. The molecule has 3 N–H and O–H groups in total. The molecule has 0 radical (unpaired) electrons. The molecule has 112 valence electrons. The van der Waals surface area contributed by atoms with Crippen LogP contribution in [-0.2, 0) is 4.79 Å². The summed E-state index contributed by atoms with van der Waals surface area (Å²) in [6.45, 7) is 1.06. The number of aliphatic hydroxyl groups excluding tert-OH is 1. The molecule has 9 heteroatoms. The van der Waals surface area contributed by atoms with Crippen molar-refractivity contribution in [3.05, 3.63) is 0 Å². The Labute approximate surface area is 108 Å². The molecule has 6 nitrogen and oxygen atoms in total. The summed E-state index contributed by atoms with van der Waals surface area (Å²) in [7, 11) is 0. The van der Waals surface area contributed by atoms with Gasteiger partial charge in [0.05, 0.1) is 6.10 Å². The number of nitrogens with one attached hydrogen (secondary N) is 1. The fourth-order valence-corrected chi connectivity index (χ4v) is 1.35. The van der Waals surface area contributed by atoms with E-state index in [1.165, 1.54) is 0 Å². The van der Waals surface area contributed by atoms with Gasteiger partial charge in [-0.25, -0.2) is 9.59 Å². The lowest BCUT2D eigenvalue weighted by atomic mass is 10.2. The van der Waals surface area contributed by atoms with Crippen LogP contribution in [-0.4, -0.2) is 58.5 Å². The first-order valence-electron chi connectivity index (χ1n) is 5.61. The number of amides is 2. The van der Waals surface area contributed by atoms with Gasteiger partial charge in [0.25, 0.3) is 0 Å². The molecule has 0 aromatic heterocycles. The van der Waals surface area contributed by atoms with Crippen LogP contribution in [0.1, 0.15) is 20.3 Å². The summed E-state index contributed by atoms with van der Waals surface area (Å²) < 4.78 is 36.8. The van der Waals surface area contributed by atoms with Gasteiger partial charge in [0.1, 0.15) is 6.54 Å². The number of carboxylic acids is 1. The molecular formula is C10H17F3N2O4. The van der Waals surface area contributed by atoms with Crippen molar-refractivity contribution >= 4 is 12.0 Å². The zero-order valence-corrected chi connectivity index (χ0v) is 10.6. The van der Waals surface area contributed by atoms with E-state index >= 15 is 0 Å². The van der Waals surface area contributed by atoms with Crippen LogP contribution in [0.2, 0.25) is 0 Å². The lowest BCUT2D eigenvalue weighted by Crippen LogP contribution is -2.54. The highest BCUT2D eigenvalue weighted by molar-refractivity contribution is 5.83. The van der Waals surface area contributed by atoms with E-state index in [1.54, 1.807) is 6.92 Å². The molecule has 0 saturated heterocycles. The number of rotatable bonds is 6. The van der Waals surface area contributed by atoms with Crippen LogP contribution in [0.15, 0.2) is 0 Å². The minimum atomic E-state index is -4.57. The van der Waals surface area contributed by atoms with Gasteiger partial charge < -0.3 is 20.4 Å². The lowest BCUT2D eigenvalue weighted by Gasteiger charge is -2.26. The van der Waals surface area contributed by atoms with Crippen LogP contribution >= 0.6 is 0 Å². The second-order valence-corrected chi connectivity index (χ2v) is 4.04. The molecule has 0 aromatic carbocycles. The number of carboxylic acid groups (broad SMARTS) is 1. The van der Waals surface area contributed by atoms with E-state index in [1.807, 2.05) is 5.32 Å². The molecule has 19 heavy (non-hydrogen) atoms. The Hall–Kier alpha value is -1.51. The maximum Gasteiger partial charge on any atom is 0.406 e. The van der Waals surface area contributed by atoms with Crippen molar-refractivity contribution < 1.29 is 33.0 Å². The van der Waals surface area contributed by atoms with E-state index in [2.05, 4.69) is 0 Å². The van der Waals surface area contributed by atoms with Crippen LogP contribution in [0.25, 0.3) is 0 Å². The van der Waals surface area contributed by atoms with Crippen molar-refractivity contribution in [2.75, 3.05) is 13.1 Å². The summed E-state index contributed by atoms with van der Waals surface area (Å²) in [5.41, 5.74) is 0. The standard InChI is InChI=1S/C10H17F3N2O4/c1-3-4-15(5-10(11,12)13)9(19)14-7(6(2)16)8(17)18/h6-7,16H,3-5H2,1-2H3,(H,14,19)(H,17,18)/t6-,7+/m1/s1. The number of carbonyl (C=O) groups excluding carboxylic acids is 1. The van der Waals surface area contributed by atoms with Gasteiger partial charge in [-0.3, -0.25) is 0 Å². The minimum absolute atomic E-state index is 0.169. The van der Waals surface area contributed by atoms with Crippen LogP contribution in [0.3, 0.4) is 0 Å². The van der Waals surface area contributed by atoms with E-state index in [0.717, 1.165) is 6.92 Å². The number of hydrogen-bond donors (Lipinski definition) is 3. The average molecular weight is 286 g/mol. The Kier molecular flexibility index (Phi) is 6.60. The fraction of sp³-hybridized carbons (Fsp3) is 0.800. The van der Waals surface area contributed by atoms with Crippen molar-refractivity contribution in [1.29, 1.82) is 0 Å². The second-order valence-electron chi connectivity index (χ2n) is 4.04. The highest BCUT2D eigenvalue weighted by atomic mass is 19.4. The molecule has 0 aliphatic carbocycles. The van der Waals surface area contributed by atoms with Gasteiger partial charge in [0.15, 0.2) is 6.04 Å². The van der Waals surface area contributed by atoms with Gasteiger partial charge in [-0.05, 0) is 13.3 Å². The van der Waals surface area contributed by atoms with E-state index in [-0.39, 0.29) is 13.0 Å². The number of hydrogen-bond acceptors (Lipinski definition) is 3. The number of nitrogens with zero attached hydrogens (tertiary/aromatic N) is 1. The zero-order valence-electron chi connectivity index (χ0n) is 10.6. The summed E-state index contributed by atoms with van der Waals surface area (Å²) in [5, 5.41) is 19.7. The topological polar surface area (TPSA) is 89.9 Å². The SMILES string of the molecule is CCCN(CC(F)(F)F)C(=O)N[C@H](C(=O)O)[C@@H](C)O. The van der Waals surface area contributed by atoms with Crippen molar-refractivity contribution in [2.45, 2.75) is 38.6 Å². The molecular weight excluding hydrogens is 269 g/mol. The van der Waals surface area contributed by atoms with Crippen molar-refractivity contribution in [1.82, 2.24) is 10.2 Å². The highest BCUT2D eigenvalue weighted by Crippen LogP contribution is 2.16. The molecule has 0 bridgehead atoms. The number of aliphatic hydroxyl groups is 1. The molecule has 0 rings (SSSR count). The van der Waals surface area contributed by atoms with Gasteiger partial charge in [-0.1, -0.05) is 6.92 Å². The maximum absolute atomic E-state index is 12.3. The number of aliphatic carboxylic acids is 1. The Morgan fingerprint density at radius 1 is 1.37 bits per heavy atom. The lowest BCUT2D eigenvalue weighted by molar-refractivity contribution is -0.142.